The molecule has 0 atom stereocenters. The zero-order chi connectivity index (χ0) is 17.1. The molecule has 25 heavy (non-hydrogen) atoms. The molecule has 0 amide bonds. The molecular formula is C22H18N3. The predicted molar refractivity (Wildman–Crippen MR) is 99.1 cm³/mol. The molecule has 0 unspecified atom stereocenters. The quantitative estimate of drug-likeness (QED) is 0.524. The maximum atomic E-state index is 4.61. The van der Waals surface area contributed by atoms with Gasteiger partial charge in [-0.2, -0.15) is 5.10 Å². The third-order valence-corrected chi connectivity index (χ3v) is 4.46. The fraction of sp³-hybridized carbons (Fsp3) is 0.0455. The lowest BCUT2D eigenvalue weighted by Crippen LogP contribution is -2.38. The molecule has 1 aromatic heterocycles. The summed E-state index contributed by atoms with van der Waals surface area (Å²) in [6, 6.07) is 31.2. The fourth-order valence-corrected chi connectivity index (χ4v) is 3.39. The second-order valence-corrected chi connectivity index (χ2v) is 5.91. The summed E-state index contributed by atoms with van der Waals surface area (Å²) < 4.78 is 1.91. The maximum absolute atomic E-state index is 4.61. The number of rotatable bonds is 4. The van der Waals surface area contributed by atoms with E-state index in [9.17, 15) is 0 Å². The Hall–Kier alpha value is -3.20. The van der Waals surface area contributed by atoms with E-state index < -0.39 is 5.54 Å². The first-order valence-electron chi connectivity index (χ1n) is 8.22. The van der Waals surface area contributed by atoms with Crippen LogP contribution in [0.3, 0.4) is 0 Å². The van der Waals surface area contributed by atoms with Gasteiger partial charge < -0.3 is 0 Å². The highest BCUT2D eigenvalue weighted by atomic mass is 15.4. The lowest BCUT2D eigenvalue weighted by atomic mass is 9.77. The number of nitrogens with zero attached hydrogens (tertiary/aromatic N) is 3. The Balaban J connectivity index is 2.12. The van der Waals surface area contributed by atoms with Gasteiger partial charge in [0.15, 0.2) is 5.82 Å². The summed E-state index contributed by atoms with van der Waals surface area (Å²) in [7, 11) is 0. The summed E-state index contributed by atoms with van der Waals surface area (Å²) in [4.78, 5) is 4.30. The van der Waals surface area contributed by atoms with Crippen molar-refractivity contribution in [2.24, 2.45) is 0 Å². The van der Waals surface area contributed by atoms with E-state index in [2.05, 4.69) is 89.8 Å². The fourth-order valence-electron chi connectivity index (χ4n) is 3.39. The summed E-state index contributed by atoms with van der Waals surface area (Å²) in [5.41, 5.74) is 2.76. The van der Waals surface area contributed by atoms with Crippen LogP contribution in [0.4, 0.5) is 0 Å². The largest absolute Gasteiger partial charge is 0.233 e. The van der Waals surface area contributed by atoms with E-state index >= 15 is 0 Å². The lowest BCUT2D eigenvalue weighted by molar-refractivity contribution is 0.457. The van der Waals surface area contributed by atoms with Crippen LogP contribution in [0.1, 0.15) is 22.5 Å². The van der Waals surface area contributed by atoms with E-state index in [-0.39, 0.29) is 0 Å². The zero-order valence-electron chi connectivity index (χ0n) is 13.8. The van der Waals surface area contributed by atoms with E-state index in [0.717, 1.165) is 16.7 Å². The SMILES string of the molecule is [CH2]c1ncn(C(c2ccccc2)(c2ccccc2)c2ccccc2)n1. The van der Waals surface area contributed by atoms with Gasteiger partial charge in [-0.3, -0.25) is 0 Å². The molecule has 0 aliphatic carbocycles. The molecular weight excluding hydrogens is 306 g/mol. The third kappa shape index (κ3) is 2.54. The molecule has 0 bridgehead atoms. The van der Waals surface area contributed by atoms with Gasteiger partial charge in [-0.05, 0) is 16.7 Å². The molecule has 3 nitrogen and oxygen atoms in total. The molecule has 1 radical (unpaired) electrons. The van der Waals surface area contributed by atoms with Crippen molar-refractivity contribution in [2.45, 2.75) is 5.54 Å². The van der Waals surface area contributed by atoms with Crippen LogP contribution in [0.25, 0.3) is 0 Å². The number of hydrogen-bond acceptors (Lipinski definition) is 2. The van der Waals surface area contributed by atoms with Gasteiger partial charge in [0.25, 0.3) is 0 Å². The van der Waals surface area contributed by atoms with Gasteiger partial charge in [-0.25, -0.2) is 9.67 Å². The van der Waals surface area contributed by atoms with Crippen molar-refractivity contribution in [3.63, 3.8) is 0 Å². The van der Waals surface area contributed by atoms with E-state index in [4.69, 9.17) is 0 Å². The van der Waals surface area contributed by atoms with Crippen molar-refractivity contribution in [1.29, 1.82) is 0 Å². The highest BCUT2D eigenvalue weighted by molar-refractivity contribution is 5.50. The number of benzene rings is 3. The van der Waals surface area contributed by atoms with Crippen LogP contribution in [0.15, 0.2) is 97.3 Å². The van der Waals surface area contributed by atoms with E-state index in [1.807, 2.05) is 22.9 Å². The summed E-state index contributed by atoms with van der Waals surface area (Å²) >= 11 is 0. The molecule has 0 saturated carbocycles. The number of aromatic nitrogens is 3. The molecule has 0 spiro atoms. The minimum atomic E-state index is -0.604. The maximum Gasteiger partial charge on any atom is 0.151 e. The van der Waals surface area contributed by atoms with Crippen LogP contribution >= 0.6 is 0 Å². The second-order valence-electron chi connectivity index (χ2n) is 5.91. The molecule has 0 fully saturated rings. The Bertz CT molecular complexity index is 848. The summed E-state index contributed by atoms with van der Waals surface area (Å²) in [6.07, 6.45) is 1.76. The lowest BCUT2D eigenvalue weighted by Gasteiger charge is -2.35. The molecule has 0 N–H and O–H groups in total. The van der Waals surface area contributed by atoms with Crippen LogP contribution in [0.5, 0.6) is 0 Å². The van der Waals surface area contributed by atoms with Crippen LogP contribution in [-0.2, 0) is 5.54 Å². The normalized spacial score (nSPS) is 11.4. The van der Waals surface area contributed by atoms with E-state index in [1.54, 1.807) is 6.33 Å². The first-order valence-corrected chi connectivity index (χ1v) is 8.22. The zero-order valence-corrected chi connectivity index (χ0v) is 13.8. The molecule has 0 saturated heterocycles. The van der Waals surface area contributed by atoms with Gasteiger partial charge in [0.1, 0.15) is 11.9 Å². The van der Waals surface area contributed by atoms with Crippen LogP contribution < -0.4 is 0 Å². The van der Waals surface area contributed by atoms with Gasteiger partial charge in [-0.15, -0.1) is 0 Å². The van der Waals surface area contributed by atoms with Crippen molar-refractivity contribution in [1.82, 2.24) is 14.8 Å². The van der Waals surface area contributed by atoms with Crippen LogP contribution in [0, 0.1) is 6.92 Å². The van der Waals surface area contributed by atoms with Crippen molar-refractivity contribution < 1.29 is 0 Å². The van der Waals surface area contributed by atoms with Crippen molar-refractivity contribution >= 4 is 0 Å². The molecule has 4 aromatic rings. The van der Waals surface area contributed by atoms with Gasteiger partial charge in [-0.1, -0.05) is 91.0 Å². The molecule has 121 valence electrons. The third-order valence-electron chi connectivity index (χ3n) is 4.46. The Kier molecular flexibility index (Phi) is 3.90. The van der Waals surface area contributed by atoms with Gasteiger partial charge in [0, 0.05) is 6.92 Å². The molecule has 3 heteroatoms. The highest BCUT2D eigenvalue weighted by Gasteiger charge is 2.39. The van der Waals surface area contributed by atoms with E-state index in [1.165, 1.54) is 0 Å². The highest BCUT2D eigenvalue weighted by Crippen LogP contribution is 2.39. The molecule has 3 aromatic carbocycles. The standard InChI is InChI=1S/C22H18N3/c1-18-23-17-25(24-18)22(19-11-5-2-6-12-19,20-13-7-3-8-14-20)21-15-9-4-10-16-21/h2-17H,1H2. The summed E-state index contributed by atoms with van der Waals surface area (Å²) in [5.74, 6) is 0.507. The van der Waals surface area contributed by atoms with Gasteiger partial charge >= 0.3 is 0 Å². The molecule has 1 heterocycles. The Morgan fingerprint density at radius 3 is 1.36 bits per heavy atom. The van der Waals surface area contributed by atoms with Crippen molar-refractivity contribution in [2.75, 3.05) is 0 Å². The minimum Gasteiger partial charge on any atom is -0.233 e. The van der Waals surface area contributed by atoms with Gasteiger partial charge in [0.05, 0.1) is 0 Å². The topological polar surface area (TPSA) is 30.7 Å². The molecule has 4 rings (SSSR count). The number of hydrogen-bond donors (Lipinski definition) is 0. The second kappa shape index (κ2) is 6.36. The average Bonchev–Trinajstić information content (AvgIpc) is 3.12. The average molecular weight is 324 g/mol. The smallest absolute Gasteiger partial charge is 0.151 e. The predicted octanol–water partition coefficient (Wildman–Crippen LogP) is 4.30. The van der Waals surface area contributed by atoms with Crippen molar-refractivity contribution in [3.8, 4) is 0 Å². The summed E-state index contributed by atoms with van der Waals surface area (Å²) in [5, 5.41) is 4.61. The Morgan fingerprint density at radius 1 is 0.640 bits per heavy atom. The molecule has 0 aliphatic heterocycles. The monoisotopic (exact) mass is 324 g/mol. The Labute approximate surface area is 147 Å². The van der Waals surface area contributed by atoms with Crippen molar-refractivity contribution in [3.05, 3.63) is 127 Å². The van der Waals surface area contributed by atoms with Crippen LogP contribution in [-0.4, -0.2) is 14.8 Å². The van der Waals surface area contributed by atoms with E-state index in [0.29, 0.717) is 5.82 Å². The van der Waals surface area contributed by atoms with Gasteiger partial charge in [0.2, 0.25) is 0 Å². The first-order chi connectivity index (χ1) is 12.3. The Morgan fingerprint density at radius 2 is 1.04 bits per heavy atom. The summed E-state index contributed by atoms with van der Waals surface area (Å²) in [6.45, 7) is 3.89. The first kappa shape index (κ1) is 15.3. The minimum absolute atomic E-state index is 0.507. The molecule has 0 aliphatic rings. The van der Waals surface area contributed by atoms with Crippen LogP contribution in [0.2, 0.25) is 0 Å².